The number of carboxylic acids is 1. The number of hydrogen-bond acceptors (Lipinski definition) is 4. The van der Waals surface area contributed by atoms with Gasteiger partial charge in [0.05, 0.1) is 26.4 Å². The van der Waals surface area contributed by atoms with Crippen molar-refractivity contribution in [2.75, 3.05) is 46.1 Å². The van der Waals surface area contributed by atoms with E-state index in [0.717, 1.165) is 13.1 Å². The summed E-state index contributed by atoms with van der Waals surface area (Å²) >= 11 is 0. The van der Waals surface area contributed by atoms with E-state index in [2.05, 4.69) is 4.90 Å². The van der Waals surface area contributed by atoms with Gasteiger partial charge in [-0.2, -0.15) is 0 Å². The van der Waals surface area contributed by atoms with Gasteiger partial charge in [0.2, 0.25) is 0 Å². The first-order valence-corrected chi connectivity index (χ1v) is 4.84. The highest BCUT2D eigenvalue weighted by atomic mass is 16.5. The predicted octanol–water partition coefficient (Wildman–Crippen LogP) is -0.580. The number of carboxylic acid groups (broad SMARTS) is 1. The smallest absolute Gasteiger partial charge is 0.315 e. The van der Waals surface area contributed by atoms with Crippen LogP contribution in [-0.2, 0) is 14.3 Å². The Hall–Kier alpha value is -0.650. The zero-order chi connectivity index (χ0) is 10.0. The van der Waals surface area contributed by atoms with Gasteiger partial charge in [0.25, 0.3) is 0 Å². The SMILES string of the molecule is O=C(O)C1(CN2CCOCC2)COC1. The Bertz CT molecular complexity index is 221. The van der Waals surface area contributed by atoms with Crippen molar-refractivity contribution in [3.05, 3.63) is 0 Å². The molecular weight excluding hydrogens is 186 g/mol. The molecule has 0 saturated carbocycles. The molecular formula is C9H15NO4. The minimum atomic E-state index is -0.741. The van der Waals surface area contributed by atoms with Crippen LogP contribution in [0.2, 0.25) is 0 Å². The molecule has 0 unspecified atom stereocenters. The fourth-order valence-corrected chi connectivity index (χ4v) is 1.82. The van der Waals surface area contributed by atoms with Crippen LogP contribution in [0.5, 0.6) is 0 Å². The number of carbonyl (C=O) groups is 1. The van der Waals surface area contributed by atoms with Gasteiger partial charge in [-0.15, -0.1) is 0 Å². The summed E-state index contributed by atoms with van der Waals surface area (Å²) in [5, 5.41) is 9.08. The molecule has 0 atom stereocenters. The number of rotatable bonds is 3. The van der Waals surface area contributed by atoms with Crippen LogP contribution in [0, 0.1) is 5.41 Å². The van der Waals surface area contributed by atoms with Crippen LogP contribution >= 0.6 is 0 Å². The quantitative estimate of drug-likeness (QED) is 0.662. The van der Waals surface area contributed by atoms with E-state index < -0.39 is 11.4 Å². The predicted molar refractivity (Wildman–Crippen MR) is 48.1 cm³/mol. The summed E-state index contributed by atoms with van der Waals surface area (Å²) < 4.78 is 10.2. The Labute approximate surface area is 82.6 Å². The van der Waals surface area contributed by atoms with Gasteiger partial charge < -0.3 is 14.6 Å². The molecule has 5 nitrogen and oxygen atoms in total. The van der Waals surface area contributed by atoms with E-state index >= 15 is 0 Å². The Morgan fingerprint density at radius 1 is 1.29 bits per heavy atom. The molecule has 2 fully saturated rings. The first-order valence-electron chi connectivity index (χ1n) is 4.84. The Morgan fingerprint density at radius 2 is 1.93 bits per heavy atom. The highest BCUT2D eigenvalue weighted by molar-refractivity contribution is 5.76. The first-order chi connectivity index (χ1) is 6.73. The monoisotopic (exact) mass is 201 g/mol. The van der Waals surface area contributed by atoms with E-state index in [0.29, 0.717) is 33.0 Å². The standard InChI is InChI=1S/C9H15NO4/c11-8(12)9(6-14-7-9)5-10-1-3-13-4-2-10/h1-7H2,(H,11,12). The third-order valence-corrected chi connectivity index (χ3v) is 2.84. The Kier molecular flexibility index (Phi) is 2.71. The van der Waals surface area contributed by atoms with Crippen molar-refractivity contribution in [2.24, 2.45) is 5.41 Å². The van der Waals surface area contributed by atoms with Gasteiger partial charge in [0.15, 0.2) is 0 Å². The molecule has 2 rings (SSSR count). The summed E-state index contributed by atoms with van der Waals surface area (Å²) in [4.78, 5) is 13.2. The normalized spacial score (nSPS) is 26.9. The topological polar surface area (TPSA) is 59.0 Å². The van der Waals surface area contributed by atoms with Crippen molar-refractivity contribution in [3.8, 4) is 0 Å². The Morgan fingerprint density at radius 3 is 2.36 bits per heavy atom. The van der Waals surface area contributed by atoms with E-state index in [1.807, 2.05) is 0 Å². The number of aliphatic carboxylic acids is 1. The second-order valence-electron chi connectivity index (χ2n) is 3.97. The molecule has 0 aromatic heterocycles. The van der Waals surface area contributed by atoms with Gasteiger partial charge in [-0.25, -0.2) is 0 Å². The van der Waals surface area contributed by atoms with E-state index in [1.54, 1.807) is 0 Å². The van der Waals surface area contributed by atoms with Crippen molar-refractivity contribution in [2.45, 2.75) is 0 Å². The molecule has 2 saturated heterocycles. The molecule has 5 heteroatoms. The molecule has 1 N–H and O–H groups in total. The summed E-state index contributed by atoms with van der Waals surface area (Å²) in [5.74, 6) is -0.741. The fraction of sp³-hybridized carbons (Fsp3) is 0.889. The van der Waals surface area contributed by atoms with E-state index in [4.69, 9.17) is 14.6 Å². The third kappa shape index (κ3) is 1.75. The lowest BCUT2D eigenvalue weighted by Crippen LogP contribution is -2.57. The van der Waals surface area contributed by atoms with E-state index in [1.165, 1.54) is 0 Å². The minimum absolute atomic E-state index is 0.347. The minimum Gasteiger partial charge on any atom is -0.481 e. The van der Waals surface area contributed by atoms with Gasteiger partial charge in [-0.1, -0.05) is 0 Å². The molecule has 2 aliphatic heterocycles. The summed E-state index contributed by atoms with van der Waals surface area (Å²) in [6.07, 6.45) is 0. The van der Waals surface area contributed by atoms with Crippen molar-refractivity contribution < 1.29 is 19.4 Å². The highest BCUT2D eigenvalue weighted by Crippen LogP contribution is 2.29. The number of hydrogen-bond donors (Lipinski definition) is 1. The average molecular weight is 201 g/mol. The van der Waals surface area contributed by atoms with Gasteiger partial charge in [0.1, 0.15) is 5.41 Å². The molecule has 14 heavy (non-hydrogen) atoms. The molecule has 0 spiro atoms. The van der Waals surface area contributed by atoms with Crippen LogP contribution in [0.4, 0.5) is 0 Å². The molecule has 0 amide bonds. The van der Waals surface area contributed by atoms with Crippen LogP contribution in [0.25, 0.3) is 0 Å². The lowest BCUT2D eigenvalue weighted by Gasteiger charge is -2.41. The molecule has 2 aliphatic rings. The molecule has 0 aromatic carbocycles. The van der Waals surface area contributed by atoms with Crippen molar-refractivity contribution in [1.82, 2.24) is 4.90 Å². The summed E-state index contributed by atoms with van der Waals surface area (Å²) in [7, 11) is 0. The molecule has 2 heterocycles. The van der Waals surface area contributed by atoms with E-state index in [9.17, 15) is 4.79 Å². The molecule has 80 valence electrons. The number of nitrogens with zero attached hydrogens (tertiary/aromatic N) is 1. The average Bonchev–Trinajstić information content (AvgIpc) is 2.12. The van der Waals surface area contributed by atoms with E-state index in [-0.39, 0.29) is 0 Å². The second kappa shape index (κ2) is 3.84. The Balaban J connectivity index is 1.90. The molecule has 0 aliphatic carbocycles. The maximum atomic E-state index is 11.0. The summed E-state index contributed by atoms with van der Waals surface area (Å²) in [6, 6.07) is 0. The van der Waals surface area contributed by atoms with Crippen LogP contribution in [-0.4, -0.2) is 62.0 Å². The van der Waals surface area contributed by atoms with Gasteiger partial charge in [-0.3, -0.25) is 9.69 Å². The van der Waals surface area contributed by atoms with Crippen LogP contribution in [0.15, 0.2) is 0 Å². The largest absolute Gasteiger partial charge is 0.481 e. The molecule has 0 bridgehead atoms. The fourth-order valence-electron chi connectivity index (χ4n) is 1.82. The highest BCUT2D eigenvalue weighted by Gasteiger charge is 2.47. The number of morpholine rings is 1. The maximum Gasteiger partial charge on any atom is 0.315 e. The third-order valence-electron chi connectivity index (χ3n) is 2.84. The molecule has 0 aromatic rings. The van der Waals surface area contributed by atoms with Crippen molar-refractivity contribution in [1.29, 1.82) is 0 Å². The van der Waals surface area contributed by atoms with Gasteiger partial charge in [0, 0.05) is 19.6 Å². The van der Waals surface area contributed by atoms with Crippen molar-refractivity contribution >= 4 is 5.97 Å². The lowest BCUT2D eigenvalue weighted by molar-refractivity contribution is -0.185. The second-order valence-corrected chi connectivity index (χ2v) is 3.97. The van der Waals surface area contributed by atoms with Crippen molar-refractivity contribution in [3.63, 3.8) is 0 Å². The van der Waals surface area contributed by atoms with Crippen LogP contribution < -0.4 is 0 Å². The summed E-state index contributed by atoms with van der Waals surface area (Å²) in [5.41, 5.74) is -0.655. The first kappa shape index (κ1) is 9.89. The zero-order valence-corrected chi connectivity index (χ0v) is 8.07. The lowest BCUT2D eigenvalue weighted by atomic mass is 9.85. The zero-order valence-electron chi connectivity index (χ0n) is 8.07. The molecule has 0 radical (unpaired) electrons. The van der Waals surface area contributed by atoms with Gasteiger partial charge >= 0.3 is 5.97 Å². The summed E-state index contributed by atoms with van der Waals surface area (Å²) in [6.45, 7) is 4.35. The van der Waals surface area contributed by atoms with Crippen LogP contribution in [0.1, 0.15) is 0 Å². The maximum absolute atomic E-state index is 11.0. The van der Waals surface area contributed by atoms with Gasteiger partial charge in [-0.05, 0) is 0 Å². The number of ether oxygens (including phenoxy) is 2. The van der Waals surface area contributed by atoms with Crippen LogP contribution in [0.3, 0.4) is 0 Å².